The number of carbonyl (C=O) groups excluding carboxylic acids is 1. The summed E-state index contributed by atoms with van der Waals surface area (Å²) < 4.78 is 36.8. The van der Waals surface area contributed by atoms with E-state index in [1.807, 2.05) is 56.3 Å². The Morgan fingerprint density at radius 3 is 2.43 bits per heavy atom. The summed E-state index contributed by atoms with van der Waals surface area (Å²) in [5.41, 5.74) is 11.6. The highest BCUT2D eigenvalue weighted by molar-refractivity contribution is 7.90. The number of aryl methyl sites for hydroxylation is 2. The number of morpholine rings is 1. The van der Waals surface area contributed by atoms with Gasteiger partial charge >= 0.3 is 0 Å². The topological polar surface area (TPSA) is 154 Å². The van der Waals surface area contributed by atoms with Crippen LogP contribution in [0.25, 0.3) is 38.8 Å². The molecular weight excluding hydrogens is 641 g/mol. The van der Waals surface area contributed by atoms with E-state index in [0.29, 0.717) is 29.8 Å². The van der Waals surface area contributed by atoms with E-state index in [2.05, 4.69) is 25.0 Å². The largest absolute Gasteiger partial charge is 0.383 e. The fourth-order valence-corrected chi connectivity index (χ4v) is 7.76. The smallest absolute Gasteiger partial charge is 0.268 e. The van der Waals surface area contributed by atoms with Gasteiger partial charge in [0, 0.05) is 30.2 Å². The maximum atomic E-state index is 14.4. The third-order valence-electron chi connectivity index (χ3n) is 8.85. The molecule has 5 heterocycles. The van der Waals surface area contributed by atoms with Crippen LogP contribution in [0, 0.1) is 13.8 Å². The summed E-state index contributed by atoms with van der Waals surface area (Å²) in [6.07, 6.45) is 3.14. The number of carbonyl (C=O) groups is 1. The van der Waals surface area contributed by atoms with Gasteiger partial charge < -0.3 is 20.4 Å². The standard InChI is InChI=1S/C36H32N8O4S/c1-22-3-9-28(10-4-22)49(46,47)44-32-17-24(26-7-12-34(38-20-26)42-13-15-48-16-14-42)5-6-25(32)18-33(44)35(45)29-21-39-43(36(29)37)27-8-11-30-31(19-27)41-23(2)40-30/h3-12,17-21H,13-16,37H2,1-2H3,(H,40,41). The molecule has 7 aromatic rings. The van der Waals surface area contributed by atoms with Gasteiger partial charge in [-0.15, -0.1) is 0 Å². The second kappa shape index (κ2) is 11.7. The van der Waals surface area contributed by atoms with Gasteiger partial charge in [-0.05, 0) is 74.0 Å². The number of H-pyrrole nitrogens is 1. The zero-order valence-electron chi connectivity index (χ0n) is 26.8. The molecule has 3 aromatic carbocycles. The number of nitrogens with one attached hydrogen (secondary N) is 1. The first-order valence-corrected chi connectivity index (χ1v) is 17.2. The van der Waals surface area contributed by atoms with Gasteiger partial charge in [0.15, 0.2) is 0 Å². The zero-order valence-corrected chi connectivity index (χ0v) is 27.6. The van der Waals surface area contributed by atoms with Gasteiger partial charge in [-0.1, -0.05) is 29.8 Å². The maximum absolute atomic E-state index is 14.4. The molecule has 1 fully saturated rings. The van der Waals surface area contributed by atoms with E-state index in [0.717, 1.165) is 56.4 Å². The molecule has 1 saturated heterocycles. The van der Waals surface area contributed by atoms with Crippen molar-refractivity contribution >= 4 is 49.4 Å². The van der Waals surface area contributed by atoms with Crippen molar-refractivity contribution in [3.63, 3.8) is 0 Å². The second-order valence-electron chi connectivity index (χ2n) is 12.1. The van der Waals surface area contributed by atoms with Crippen molar-refractivity contribution in [2.24, 2.45) is 0 Å². The van der Waals surface area contributed by atoms with Crippen LogP contribution in [-0.4, -0.2) is 69.2 Å². The number of hydrogen-bond donors (Lipinski definition) is 2. The molecule has 0 unspecified atom stereocenters. The molecule has 0 bridgehead atoms. The third kappa shape index (κ3) is 5.32. The number of imidazole rings is 1. The van der Waals surface area contributed by atoms with Crippen LogP contribution in [0.15, 0.2) is 96.2 Å². The average molecular weight is 673 g/mol. The number of nitrogen functional groups attached to an aromatic ring is 1. The lowest BCUT2D eigenvalue weighted by atomic mass is 10.1. The molecule has 1 aliphatic heterocycles. The Bertz CT molecular complexity index is 2490. The number of hydrogen-bond acceptors (Lipinski definition) is 9. The zero-order chi connectivity index (χ0) is 33.9. The number of benzene rings is 3. The number of pyridine rings is 1. The Hall–Kier alpha value is -5.79. The van der Waals surface area contributed by atoms with Gasteiger partial charge in [-0.3, -0.25) is 4.79 Å². The summed E-state index contributed by atoms with van der Waals surface area (Å²) in [4.78, 5) is 28.9. The van der Waals surface area contributed by atoms with Crippen LogP contribution in [0.2, 0.25) is 0 Å². The van der Waals surface area contributed by atoms with Crippen molar-refractivity contribution in [1.82, 2.24) is 28.7 Å². The van der Waals surface area contributed by atoms with E-state index in [-0.39, 0.29) is 22.0 Å². The van der Waals surface area contributed by atoms with Crippen molar-refractivity contribution in [2.75, 3.05) is 36.9 Å². The van der Waals surface area contributed by atoms with Crippen LogP contribution in [0.4, 0.5) is 11.6 Å². The molecular formula is C36H32N8O4S. The Labute approximate surface area is 281 Å². The van der Waals surface area contributed by atoms with Crippen LogP contribution >= 0.6 is 0 Å². The van der Waals surface area contributed by atoms with E-state index in [1.54, 1.807) is 42.6 Å². The number of ketones is 1. The quantitative estimate of drug-likeness (QED) is 0.216. The molecule has 1 aliphatic rings. The van der Waals surface area contributed by atoms with E-state index in [4.69, 9.17) is 10.5 Å². The lowest BCUT2D eigenvalue weighted by molar-refractivity contribution is 0.103. The minimum absolute atomic E-state index is 0.0541. The third-order valence-corrected chi connectivity index (χ3v) is 10.6. The van der Waals surface area contributed by atoms with E-state index in [1.165, 1.54) is 10.9 Å². The number of nitrogens with zero attached hydrogens (tertiary/aromatic N) is 6. The lowest BCUT2D eigenvalue weighted by Gasteiger charge is -2.27. The van der Waals surface area contributed by atoms with Crippen LogP contribution in [0.3, 0.4) is 0 Å². The van der Waals surface area contributed by atoms with Crippen molar-refractivity contribution in [1.29, 1.82) is 0 Å². The molecule has 0 radical (unpaired) electrons. The Kier molecular flexibility index (Phi) is 7.30. The summed E-state index contributed by atoms with van der Waals surface area (Å²) >= 11 is 0. The van der Waals surface area contributed by atoms with Gasteiger partial charge in [0.25, 0.3) is 10.0 Å². The molecule has 0 spiro atoms. The highest BCUT2D eigenvalue weighted by Gasteiger charge is 2.29. The maximum Gasteiger partial charge on any atom is 0.268 e. The number of fused-ring (bicyclic) bond motifs is 2. The summed E-state index contributed by atoms with van der Waals surface area (Å²) in [5.74, 6) is 1.12. The molecule has 246 valence electrons. The molecule has 3 N–H and O–H groups in total. The highest BCUT2D eigenvalue weighted by atomic mass is 32.2. The minimum Gasteiger partial charge on any atom is -0.383 e. The van der Waals surface area contributed by atoms with Gasteiger partial charge in [0.1, 0.15) is 23.2 Å². The Morgan fingerprint density at radius 2 is 1.67 bits per heavy atom. The molecule has 0 saturated carbocycles. The summed E-state index contributed by atoms with van der Waals surface area (Å²) in [6.45, 7) is 6.59. The molecule has 0 aliphatic carbocycles. The van der Waals surface area contributed by atoms with Gasteiger partial charge in [0.05, 0.1) is 52.1 Å². The molecule has 12 nitrogen and oxygen atoms in total. The van der Waals surface area contributed by atoms with E-state index in [9.17, 15) is 13.2 Å². The van der Waals surface area contributed by atoms with Gasteiger partial charge in [-0.25, -0.2) is 27.0 Å². The average Bonchev–Trinajstić information content (AvgIpc) is 3.82. The highest BCUT2D eigenvalue weighted by Crippen LogP contribution is 2.33. The Balaban J connectivity index is 1.24. The monoisotopic (exact) mass is 672 g/mol. The summed E-state index contributed by atoms with van der Waals surface area (Å²) in [7, 11) is -4.24. The number of rotatable bonds is 7. The molecule has 0 atom stereocenters. The molecule has 49 heavy (non-hydrogen) atoms. The fraction of sp³-hybridized carbons (Fsp3) is 0.167. The Morgan fingerprint density at radius 1 is 0.898 bits per heavy atom. The number of aromatic amines is 1. The predicted molar refractivity (Wildman–Crippen MR) is 188 cm³/mol. The first-order chi connectivity index (χ1) is 23.7. The van der Waals surface area contributed by atoms with Crippen LogP contribution in [0.1, 0.15) is 27.4 Å². The fourth-order valence-electron chi connectivity index (χ4n) is 6.26. The lowest BCUT2D eigenvalue weighted by Crippen LogP contribution is -2.36. The van der Waals surface area contributed by atoms with Crippen LogP contribution < -0.4 is 10.6 Å². The normalized spacial score (nSPS) is 13.8. The molecule has 4 aromatic heterocycles. The molecule has 8 rings (SSSR count). The van der Waals surface area contributed by atoms with Crippen molar-refractivity contribution in [3.8, 4) is 16.8 Å². The number of anilines is 2. The first kappa shape index (κ1) is 30.5. The number of aromatic nitrogens is 6. The van der Waals surface area contributed by atoms with Crippen LogP contribution in [-0.2, 0) is 14.8 Å². The molecule has 0 amide bonds. The van der Waals surface area contributed by atoms with E-state index < -0.39 is 15.8 Å². The van der Waals surface area contributed by atoms with Crippen molar-refractivity contribution in [2.45, 2.75) is 18.7 Å². The van der Waals surface area contributed by atoms with Gasteiger partial charge in [0.2, 0.25) is 5.78 Å². The number of nitrogens with two attached hydrogens (primary N) is 1. The second-order valence-corrected chi connectivity index (χ2v) is 13.9. The minimum atomic E-state index is -4.24. The first-order valence-electron chi connectivity index (χ1n) is 15.8. The predicted octanol–water partition coefficient (Wildman–Crippen LogP) is 5.27. The molecule has 13 heteroatoms. The van der Waals surface area contributed by atoms with Gasteiger partial charge in [-0.2, -0.15) is 5.10 Å². The van der Waals surface area contributed by atoms with Crippen molar-refractivity contribution < 1.29 is 17.9 Å². The van der Waals surface area contributed by atoms with Crippen LogP contribution in [0.5, 0.6) is 0 Å². The SMILES string of the molecule is Cc1ccc(S(=O)(=O)n2c(C(=O)c3cnn(-c4ccc5nc(C)[nH]c5c4)c3N)cc3ccc(-c4ccc(N5CCOCC5)nc4)cc32)cc1. The van der Waals surface area contributed by atoms with E-state index >= 15 is 0 Å². The van der Waals surface area contributed by atoms with Crippen molar-refractivity contribution in [3.05, 3.63) is 114 Å². The summed E-state index contributed by atoms with van der Waals surface area (Å²) in [5, 5.41) is 4.99. The summed E-state index contributed by atoms with van der Waals surface area (Å²) in [6, 6.07) is 23.0. The number of ether oxygens (including phenoxy) is 1.